The lowest BCUT2D eigenvalue weighted by Gasteiger charge is -2.46. The summed E-state index contributed by atoms with van der Waals surface area (Å²) in [6.45, 7) is 5.26. The first-order chi connectivity index (χ1) is 15.1. The lowest BCUT2D eigenvalue weighted by molar-refractivity contribution is 0.0764. The zero-order valence-electron chi connectivity index (χ0n) is 17.7. The van der Waals surface area contributed by atoms with E-state index in [-0.39, 0.29) is 5.41 Å². The summed E-state index contributed by atoms with van der Waals surface area (Å²) in [6, 6.07) is 31.7. The average Bonchev–Trinajstić information content (AvgIpc) is 2.98. The lowest BCUT2D eigenvalue weighted by atomic mass is 9.77. The highest BCUT2D eigenvalue weighted by molar-refractivity contribution is 5.99. The van der Waals surface area contributed by atoms with Gasteiger partial charge in [0.1, 0.15) is 11.4 Å². The molecule has 0 fully saturated rings. The number of hydrogen-bond acceptors (Lipinski definition) is 3. The minimum Gasteiger partial charge on any atom is -0.459 e. The number of nitrogens with zero attached hydrogens (tertiary/aromatic N) is 2. The highest BCUT2D eigenvalue weighted by Gasteiger charge is 2.59. The summed E-state index contributed by atoms with van der Waals surface area (Å²) in [4.78, 5) is 7.41. The van der Waals surface area contributed by atoms with Crippen molar-refractivity contribution < 1.29 is 4.74 Å². The van der Waals surface area contributed by atoms with Gasteiger partial charge < -0.3 is 9.64 Å². The van der Waals surface area contributed by atoms with E-state index in [1.807, 2.05) is 6.21 Å². The smallest absolute Gasteiger partial charge is 0.229 e. The second kappa shape index (κ2) is 6.45. The molecular formula is C28H24N2O. The van der Waals surface area contributed by atoms with E-state index >= 15 is 0 Å². The average molecular weight is 405 g/mol. The van der Waals surface area contributed by atoms with Gasteiger partial charge in [0.15, 0.2) is 0 Å². The molecule has 1 unspecified atom stereocenters. The minimum absolute atomic E-state index is 0.286. The van der Waals surface area contributed by atoms with Gasteiger partial charge in [-0.2, -0.15) is 0 Å². The van der Waals surface area contributed by atoms with Crippen LogP contribution in [0.15, 0.2) is 96.0 Å². The normalized spacial score (nSPS) is 20.5. The number of rotatable bonds is 2. The first-order valence-corrected chi connectivity index (χ1v) is 10.8. The Hall–Kier alpha value is -3.59. The van der Waals surface area contributed by atoms with Gasteiger partial charge in [0.05, 0.1) is 11.6 Å². The molecule has 0 bridgehead atoms. The molecular weight excluding hydrogens is 380 g/mol. The van der Waals surface area contributed by atoms with Crippen molar-refractivity contribution >= 4 is 28.4 Å². The molecule has 1 spiro atoms. The second-order valence-corrected chi connectivity index (χ2v) is 8.90. The summed E-state index contributed by atoms with van der Waals surface area (Å²) < 4.78 is 6.95. The Labute approximate surface area is 182 Å². The van der Waals surface area contributed by atoms with Crippen LogP contribution in [-0.4, -0.2) is 11.9 Å². The van der Waals surface area contributed by atoms with Crippen LogP contribution in [0.1, 0.15) is 25.0 Å². The molecule has 4 aromatic rings. The highest BCUT2D eigenvalue weighted by atomic mass is 16.5. The summed E-state index contributed by atoms with van der Waals surface area (Å²) in [6.07, 6.45) is 2.03. The molecule has 3 nitrogen and oxygen atoms in total. The van der Waals surface area contributed by atoms with Gasteiger partial charge in [0, 0.05) is 17.6 Å². The first kappa shape index (κ1) is 18.2. The van der Waals surface area contributed by atoms with E-state index in [1.165, 1.54) is 22.2 Å². The summed E-state index contributed by atoms with van der Waals surface area (Å²) >= 11 is 0. The monoisotopic (exact) mass is 404 g/mol. The van der Waals surface area contributed by atoms with E-state index in [9.17, 15) is 0 Å². The number of benzene rings is 4. The zero-order valence-corrected chi connectivity index (χ0v) is 17.7. The molecule has 0 aliphatic carbocycles. The van der Waals surface area contributed by atoms with E-state index < -0.39 is 5.72 Å². The standard InChI is InChI=1S/C28H24N2O/c1-27(2)23-14-8-9-15-24(23)30(18-20-10-4-3-5-11-20)28(27)19-29-26-22-13-7-6-12-21(22)16-17-25(26)31-28/h3-17,19H,18H2,1-2H3. The third-order valence-electron chi connectivity index (χ3n) is 6.85. The number of anilines is 1. The zero-order chi connectivity index (χ0) is 21.1. The van der Waals surface area contributed by atoms with Crippen molar-refractivity contribution in [3.63, 3.8) is 0 Å². The van der Waals surface area contributed by atoms with Gasteiger partial charge >= 0.3 is 0 Å². The Balaban J connectivity index is 1.54. The molecule has 0 N–H and O–H groups in total. The van der Waals surface area contributed by atoms with Crippen molar-refractivity contribution in [1.29, 1.82) is 0 Å². The molecule has 0 aromatic heterocycles. The lowest BCUT2D eigenvalue weighted by Crippen LogP contribution is -2.61. The molecule has 2 heterocycles. The van der Waals surface area contributed by atoms with E-state index in [2.05, 4.69) is 110 Å². The van der Waals surface area contributed by atoms with E-state index in [4.69, 9.17) is 9.73 Å². The fourth-order valence-electron chi connectivity index (χ4n) is 5.13. The molecule has 4 aromatic carbocycles. The van der Waals surface area contributed by atoms with Crippen LogP contribution < -0.4 is 9.64 Å². The number of para-hydroxylation sites is 1. The molecule has 0 saturated carbocycles. The number of hydrogen-bond donors (Lipinski definition) is 0. The summed E-state index contributed by atoms with van der Waals surface area (Å²) in [5.41, 5.74) is 3.65. The Morgan fingerprint density at radius 1 is 0.806 bits per heavy atom. The van der Waals surface area contributed by atoms with Crippen molar-refractivity contribution in [2.75, 3.05) is 4.90 Å². The molecule has 2 aliphatic rings. The fourth-order valence-corrected chi connectivity index (χ4v) is 5.13. The highest BCUT2D eigenvalue weighted by Crippen LogP contribution is 2.55. The van der Waals surface area contributed by atoms with Crippen molar-refractivity contribution in [2.24, 2.45) is 4.99 Å². The topological polar surface area (TPSA) is 24.8 Å². The van der Waals surface area contributed by atoms with Crippen molar-refractivity contribution in [2.45, 2.75) is 31.5 Å². The summed E-state index contributed by atoms with van der Waals surface area (Å²) in [5.74, 6) is 0.833. The second-order valence-electron chi connectivity index (χ2n) is 8.90. The van der Waals surface area contributed by atoms with Crippen LogP contribution in [0.25, 0.3) is 10.8 Å². The molecule has 0 amide bonds. The van der Waals surface area contributed by atoms with Crippen LogP contribution in [0.3, 0.4) is 0 Å². The van der Waals surface area contributed by atoms with Crippen molar-refractivity contribution in [3.8, 4) is 5.75 Å². The molecule has 31 heavy (non-hydrogen) atoms. The van der Waals surface area contributed by atoms with Crippen molar-refractivity contribution in [3.05, 3.63) is 102 Å². The Kier molecular flexibility index (Phi) is 3.79. The van der Waals surface area contributed by atoms with Gasteiger partial charge in [0.25, 0.3) is 0 Å². The molecule has 0 radical (unpaired) electrons. The third-order valence-corrected chi connectivity index (χ3v) is 6.85. The largest absolute Gasteiger partial charge is 0.459 e. The predicted octanol–water partition coefficient (Wildman–Crippen LogP) is 6.63. The van der Waals surface area contributed by atoms with Gasteiger partial charge in [-0.1, -0.05) is 78.9 Å². The Morgan fingerprint density at radius 2 is 1.55 bits per heavy atom. The SMILES string of the molecule is CC1(C)c2ccccc2N(Cc2ccccc2)C12C=Nc1c(ccc3ccccc13)O2. The maximum absolute atomic E-state index is 6.95. The van der Waals surface area contributed by atoms with Crippen LogP contribution >= 0.6 is 0 Å². The maximum Gasteiger partial charge on any atom is 0.229 e. The fraction of sp³-hybridized carbons (Fsp3) is 0.179. The van der Waals surface area contributed by atoms with Gasteiger partial charge in [-0.25, -0.2) is 0 Å². The van der Waals surface area contributed by atoms with Crippen LogP contribution in [0.2, 0.25) is 0 Å². The van der Waals surface area contributed by atoms with Crippen LogP contribution in [0.5, 0.6) is 5.75 Å². The van der Waals surface area contributed by atoms with E-state index in [0.29, 0.717) is 0 Å². The maximum atomic E-state index is 6.95. The van der Waals surface area contributed by atoms with Crippen LogP contribution in [0.4, 0.5) is 11.4 Å². The number of fused-ring (bicyclic) bond motifs is 4. The molecule has 3 heteroatoms. The number of aliphatic imine (C=N–C) groups is 1. The molecule has 152 valence electrons. The molecule has 1 atom stereocenters. The quantitative estimate of drug-likeness (QED) is 0.375. The van der Waals surface area contributed by atoms with Crippen molar-refractivity contribution in [1.82, 2.24) is 0 Å². The predicted molar refractivity (Wildman–Crippen MR) is 128 cm³/mol. The Bertz CT molecular complexity index is 1330. The van der Waals surface area contributed by atoms with E-state index in [1.54, 1.807) is 0 Å². The summed E-state index contributed by atoms with van der Waals surface area (Å²) in [5, 5.41) is 2.29. The van der Waals surface area contributed by atoms with Gasteiger partial charge in [-0.15, -0.1) is 0 Å². The number of ether oxygens (including phenoxy) is 1. The van der Waals surface area contributed by atoms with E-state index in [0.717, 1.165) is 23.4 Å². The van der Waals surface area contributed by atoms with Gasteiger partial charge in [0.2, 0.25) is 5.72 Å². The summed E-state index contributed by atoms with van der Waals surface area (Å²) in [7, 11) is 0. The molecule has 2 aliphatic heterocycles. The van der Waals surface area contributed by atoms with Crippen LogP contribution in [0, 0.1) is 0 Å². The van der Waals surface area contributed by atoms with Gasteiger partial charge in [-0.3, -0.25) is 4.99 Å². The van der Waals surface area contributed by atoms with Crippen LogP contribution in [-0.2, 0) is 12.0 Å². The third kappa shape index (κ3) is 2.50. The minimum atomic E-state index is -0.706. The Morgan fingerprint density at radius 3 is 2.42 bits per heavy atom. The molecule has 6 rings (SSSR count). The van der Waals surface area contributed by atoms with Gasteiger partial charge in [-0.05, 0) is 42.5 Å². The first-order valence-electron chi connectivity index (χ1n) is 10.8. The molecule has 0 saturated heterocycles.